The topological polar surface area (TPSA) is 114 Å². The third-order valence-electron chi connectivity index (χ3n) is 7.42. The van der Waals surface area contributed by atoms with Crippen molar-refractivity contribution >= 4 is 55.8 Å². The Morgan fingerprint density at radius 2 is 1.73 bits per heavy atom. The number of fused-ring (bicyclic) bond motifs is 2. The van der Waals surface area contributed by atoms with Crippen LogP contribution in [0.15, 0.2) is 60.3 Å². The number of ketones is 1. The molecule has 1 atom stereocenters. The Hall–Kier alpha value is -4.83. The molecule has 9 nitrogen and oxygen atoms in total. The molecule has 0 aliphatic carbocycles. The van der Waals surface area contributed by atoms with Crippen LogP contribution in [0.3, 0.4) is 0 Å². The van der Waals surface area contributed by atoms with Gasteiger partial charge in [-0.1, -0.05) is 35.6 Å². The summed E-state index contributed by atoms with van der Waals surface area (Å²) in [5.41, 5.74) is 5.84. The average Bonchev–Trinajstić information content (AvgIpc) is 3.61. The normalized spacial score (nSPS) is 16.7. The van der Waals surface area contributed by atoms with Crippen molar-refractivity contribution in [2.75, 3.05) is 12.0 Å². The Balaban J connectivity index is 1.59. The molecule has 0 bridgehead atoms. The Morgan fingerprint density at radius 1 is 1.00 bits per heavy atom. The summed E-state index contributed by atoms with van der Waals surface area (Å²) in [5.74, 6) is -2.54. The molecule has 4 heterocycles. The smallest absolute Gasteiger partial charge is 0.337 e. The van der Waals surface area contributed by atoms with Crippen LogP contribution < -0.4 is 4.90 Å². The quantitative estimate of drug-likeness (QED) is 0.131. The van der Waals surface area contributed by atoms with E-state index in [1.54, 1.807) is 31.2 Å². The molecule has 0 radical (unpaired) electrons. The standard InChI is InChI=1S/C31H26N4O5S/c1-15-13-17(3)23-21(14-15)41-31(33-23)35-25(19-8-10-20(11-9-19)30(39)40-5)22(27(37)29(35)38)26(36)24-18(4)34-12-6-7-16(2)28(34)32-24/h6-14,25,36H,1-5H3/b26-22+. The minimum absolute atomic E-state index is 0.0999. The molecule has 5 aromatic rings. The van der Waals surface area contributed by atoms with E-state index in [9.17, 15) is 19.5 Å². The molecular weight excluding hydrogens is 540 g/mol. The van der Waals surface area contributed by atoms with Gasteiger partial charge in [0, 0.05) is 6.20 Å². The number of carbonyl (C=O) groups is 3. The van der Waals surface area contributed by atoms with Crippen molar-refractivity contribution in [1.29, 1.82) is 0 Å². The van der Waals surface area contributed by atoms with Crippen LogP contribution in [0, 0.1) is 27.7 Å². The van der Waals surface area contributed by atoms with Gasteiger partial charge in [0.05, 0.1) is 40.2 Å². The number of methoxy groups -OCH3 is 1. The van der Waals surface area contributed by atoms with Crippen molar-refractivity contribution in [2.45, 2.75) is 33.7 Å². The van der Waals surface area contributed by atoms with Crippen molar-refractivity contribution < 1.29 is 24.2 Å². The van der Waals surface area contributed by atoms with Gasteiger partial charge in [0.25, 0.3) is 5.78 Å². The Kier molecular flexibility index (Phi) is 6.22. The van der Waals surface area contributed by atoms with E-state index in [1.165, 1.54) is 23.3 Å². The molecule has 2 aromatic carbocycles. The number of hydrogen-bond donors (Lipinski definition) is 1. The van der Waals surface area contributed by atoms with E-state index >= 15 is 0 Å². The van der Waals surface area contributed by atoms with Crippen LogP contribution in [0.4, 0.5) is 5.13 Å². The number of aliphatic hydroxyl groups is 1. The second kappa shape index (κ2) is 9.67. The van der Waals surface area contributed by atoms with Gasteiger partial charge in [-0.15, -0.1) is 0 Å². The molecule has 1 N–H and O–H groups in total. The first-order valence-electron chi connectivity index (χ1n) is 12.9. The number of Topliss-reactive ketones (excluding diaryl/α,β-unsaturated/α-hetero) is 1. The fourth-order valence-electron chi connectivity index (χ4n) is 5.40. The van der Waals surface area contributed by atoms with Gasteiger partial charge >= 0.3 is 11.9 Å². The summed E-state index contributed by atoms with van der Waals surface area (Å²) in [5, 5.41) is 12.0. The summed E-state index contributed by atoms with van der Waals surface area (Å²) in [7, 11) is 1.29. The highest BCUT2D eigenvalue weighted by molar-refractivity contribution is 7.22. The highest BCUT2D eigenvalue weighted by Gasteiger charge is 2.48. The number of thiazole rings is 1. The summed E-state index contributed by atoms with van der Waals surface area (Å²) < 4.78 is 7.54. The fourth-order valence-corrected chi connectivity index (χ4v) is 6.57. The number of nitrogens with zero attached hydrogens (tertiary/aromatic N) is 4. The van der Waals surface area contributed by atoms with Gasteiger partial charge in [-0.2, -0.15) is 0 Å². The van der Waals surface area contributed by atoms with Crippen molar-refractivity contribution in [3.05, 3.63) is 99.5 Å². The molecule has 3 aromatic heterocycles. The van der Waals surface area contributed by atoms with Crippen LogP contribution in [0.25, 0.3) is 21.6 Å². The number of hydrogen-bond acceptors (Lipinski definition) is 8. The van der Waals surface area contributed by atoms with Gasteiger partial charge < -0.3 is 14.2 Å². The van der Waals surface area contributed by atoms with Crippen LogP contribution >= 0.6 is 11.3 Å². The largest absolute Gasteiger partial charge is 0.505 e. The number of aryl methyl sites for hydroxylation is 4. The molecule has 206 valence electrons. The zero-order valence-electron chi connectivity index (χ0n) is 23.1. The molecule has 0 saturated carbocycles. The summed E-state index contributed by atoms with van der Waals surface area (Å²) in [6.07, 6.45) is 1.83. The predicted octanol–water partition coefficient (Wildman–Crippen LogP) is 5.59. The maximum absolute atomic E-state index is 13.7. The van der Waals surface area contributed by atoms with Gasteiger partial charge in [-0.3, -0.25) is 14.5 Å². The SMILES string of the molecule is COC(=O)c1ccc(C2/C(=C(\O)c3nc4c(C)cccn4c3C)C(=O)C(=O)N2c2nc3c(C)cc(C)cc3s2)cc1. The number of amides is 1. The van der Waals surface area contributed by atoms with E-state index in [-0.39, 0.29) is 17.0 Å². The second-order valence-electron chi connectivity index (χ2n) is 10.1. The summed E-state index contributed by atoms with van der Waals surface area (Å²) in [4.78, 5) is 50.2. The number of ether oxygens (including phenoxy) is 1. The van der Waals surface area contributed by atoms with E-state index in [4.69, 9.17) is 9.72 Å². The lowest BCUT2D eigenvalue weighted by molar-refractivity contribution is -0.132. The first-order chi connectivity index (χ1) is 19.6. The minimum Gasteiger partial charge on any atom is -0.505 e. The summed E-state index contributed by atoms with van der Waals surface area (Å²) in [6, 6.07) is 13.2. The number of rotatable bonds is 4. The van der Waals surface area contributed by atoms with Crippen molar-refractivity contribution in [2.24, 2.45) is 0 Å². The van der Waals surface area contributed by atoms with Crippen LogP contribution in [0.1, 0.15) is 50.0 Å². The van der Waals surface area contributed by atoms with E-state index < -0.39 is 23.7 Å². The molecule has 1 aliphatic rings. The molecule has 10 heteroatoms. The van der Waals surface area contributed by atoms with E-state index in [1.807, 2.05) is 55.6 Å². The zero-order chi connectivity index (χ0) is 29.2. The third-order valence-corrected chi connectivity index (χ3v) is 8.43. The Morgan fingerprint density at radius 3 is 2.41 bits per heavy atom. The number of aliphatic hydroxyl groups excluding tert-OH is 1. The average molecular weight is 567 g/mol. The molecule has 6 rings (SSSR count). The number of pyridine rings is 1. The maximum atomic E-state index is 13.7. The lowest BCUT2D eigenvalue weighted by atomic mass is 9.95. The van der Waals surface area contributed by atoms with Crippen LogP contribution in [0.2, 0.25) is 0 Å². The molecule has 1 fully saturated rings. The molecule has 1 unspecified atom stereocenters. The summed E-state index contributed by atoms with van der Waals surface area (Å²) in [6.45, 7) is 7.64. The number of esters is 1. The highest BCUT2D eigenvalue weighted by Crippen LogP contribution is 2.45. The van der Waals surface area contributed by atoms with Gasteiger partial charge in [-0.25, -0.2) is 14.8 Å². The van der Waals surface area contributed by atoms with Crippen molar-refractivity contribution in [3.63, 3.8) is 0 Å². The van der Waals surface area contributed by atoms with Crippen molar-refractivity contribution in [1.82, 2.24) is 14.4 Å². The van der Waals surface area contributed by atoms with Gasteiger partial charge in [0.2, 0.25) is 0 Å². The number of anilines is 1. The number of imidazole rings is 1. The number of carbonyl (C=O) groups excluding carboxylic acids is 3. The minimum atomic E-state index is -1.01. The molecule has 1 amide bonds. The highest BCUT2D eigenvalue weighted by atomic mass is 32.1. The lowest BCUT2D eigenvalue weighted by Gasteiger charge is -2.23. The van der Waals surface area contributed by atoms with Gasteiger partial charge in [0.1, 0.15) is 11.3 Å². The van der Waals surface area contributed by atoms with Gasteiger partial charge in [-0.05, 0) is 74.2 Å². The molecule has 1 saturated heterocycles. The van der Waals surface area contributed by atoms with Crippen molar-refractivity contribution in [3.8, 4) is 0 Å². The number of aromatic nitrogens is 3. The van der Waals surface area contributed by atoms with E-state index in [2.05, 4.69) is 4.98 Å². The van der Waals surface area contributed by atoms with E-state index in [0.717, 1.165) is 26.9 Å². The van der Waals surface area contributed by atoms with Crippen LogP contribution in [-0.4, -0.2) is 44.2 Å². The second-order valence-corrected chi connectivity index (χ2v) is 11.1. The molecular formula is C31H26N4O5S. The van der Waals surface area contributed by atoms with E-state index in [0.29, 0.717) is 27.6 Å². The molecule has 0 spiro atoms. The lowest BCUT2D eigenvalue weighted by Crippen LogP contribution is -2.29. The first-order valence-corrected chi connectivity index (χ1v) is 13.7. The predicted molar refractivity (Wildman–Crippen MR) is 156 cm³/mol. The molecule has 41 heavy (non-hydrogen) atoms. The fraction of sp³-hybridized carbons (Fsp3) is 0.194. The number of benzene rings is 2. The van der Waals surface area contributed by atoms with Gasteiger partial charge in [0.15, 0.2) is 10.9 Å². The zero-order valence-corrected chi connectivity index (χ0v) is 23.9. The van der Waals surface area contributed by atoms with Crippen LogP contribution in [0.5, 0.6) is 0 Å². The molecule has 1 aliphatic heterocycles. The van der Waals surface area contributed by atoms with Crippen LogP contribution in [-0.2, 0) is 14.3 Å². The Labute approximate surface area is 239 Å². The first kappa shape index (κ1) is 26.4. The maximum Gasteiger partial charge on any atom is 0.337 e. The summed E-state index contributed by atoms with van der Waals surface area (Å²) >= 11 is 1.30. The third kappa shape index (κ3) is 4.10. The Bertz CT molecular complexity index is 1950. The monoisotopic (exact) mass is 566 g/mol.